The molecule has 1 saturated heterocycles. The lowest BCUT2D eigenvalue weighted by molar-refractivity contribution is -0.117. The van der Waals surface area contributed by atoms with E-state index in [2.05, 4.69) is 29.6 Å². The molecule has 0 aromatic carbocycles. The predicted octanol–water partition coefficient (Wildman–Crippen LogP) is 1.42. The van der Waals surface area contributed by atoms with Crippen molar-refractivity contribution >= 4 is 11.7 Å². The number of aromatic nitrogens is 2. The molecule has 1 atom stereocenters. The van der Waals surface area contributed by atoms with Crippen LogP contribution >= 0.6 is 0 Å². The van der Waals surface area contributed by atoms with E-state index in [4.69, 9.17) is 4.74 Å². The summed E-state index contributed by atoms with van der Waals surface area (Å²) in [5.41, 5.74) is 0. The third kappa shape index (κ3) is 4.61. The minimum atomic E-state index is -0.0523. The number of rotatable bonds is 7. The van der Waals surface area contributed by atoms with E-state index in [1.54, 1.807) is 0 Å². The molecular formula is C14H24N4O2. The van der Waals surface area contributed by atoms with Gasteiger partial charge in [-0.15, -0.1) is 0 Å². The van der Waals surface area contributed by atoms with Crippen LogP contribution in [0.25, 0.3) is 0 Å². The van der Waals surface area contributed by atoms with E-state index in [1.807, 2.05) is 16.9 Å². The van der Waals surface area contributed by atoms with Crippen molar-refractivity contribution in [3.8, 4) is 0 Å². The van der Waals surface area contributed by atoms with Crippen LogP contribution in [-0.4, -0.2) is 42.0 Å². The first-order valence-corrected chi connectivity index (χ1v) is 7.28. The molecule has 1 aliphatic rings. The lowest BCUT2D eigenvalue weighted by Crippen LogP contribution is -2.17. The zero-order chi connectivity index (χ0) is 14.4. The van der Waals surface area contributed by atoms with Gasteiger partial charge in [-0.1, -0.05) is 13.8 Å². The summed E-state index contributed by atoms with van der Waals surface area (Å²) < 4.78 is 7.32. The fourth-order valence-corrected chi connectivity index (χ4v) is 2.16. The molecule has 0 unspecified atom stereocenters. The van der Waals surface area contributed by atoms with Gasteiger partial charge < -0.3 is 15.4 Å². The van der Waals surface area contributed by atoms with Crippen LogP contribution in [-0.2, 0) is 9.53 Å². The standard InChI is InChI=1S/C14H24N4O2/c1-11(2)10-20-8-5-14(19)16-13-4-7-18(17-13)12-3-6-15-9-12/h4,7,11-12,15H,3,5-6,8-10H2,1-2H3,(H,16,17,19)/t12-/m0/s1. The van der Waals surface area contributed by atoms with E-state index in [1.165, 1.54) is 0 Å². The Balaban J connectivity index is 1.71. The van der Waals surface area contributed by atoms with Crippen molar-refractivity contribution < 1.29 is 9.53 Å². The van der Waals surface area contributed by atoms with Crippen LogP contribution in [0.2, 0.25) is 0 Å². The number of amides is 1. The topological polar surface area (TPSA) is 68.2 Å². The molecule has 1 amide bonds. The van der Waals surface area contributed by atoms with Gasteiger partial charge in [0, 0.05) is 25.4 Å². The maximum atomic E-state index is 11.7. The van der Waals surface area contributed by atoms with E-state index in [-0.39, 0.29) is 5.91 Å². The van der Waals surface area contributed by atoms with Crippen molar-refractivity contribution in [2.75, 3.05) is 31.6 Å². The first kappa shape index (κ1) is 15.0. The molecule has 2 heterocycles. The molecule has 1 aromatic rings. The van der Waals surface area contributed by atoms with Crippen LogP contribution in [0.3, 0.4) is 0 Å². The third-order valence-corrected chi connectivity index (χ3v) is 3.21. The number of ether oxygens (including phenoxy) is 1. The second-order valence-corrected chi connectivity index (χ2v) is 5.59. The number of hydrogen-bond donors (Lipinski definition) is 2. The fourth-order valence-electron chi connectivity index (χ4n) is 2.16. The van der Waals surface area contributed by atoms with Gasteiger partial charge >= 0.3 is 0 Å². The van der Waals surface area contributed by atoms with Gasteiger partial charge in [-0.3, -0.25) is 9.48 Å². The van der Waals surface area contributed by atoms with Gasteiger partial charge in [-0.05, 0) is 18.9 Å². The highest BCUT2D eigenvalue weighted by Gasteiger charge is 2.17. The molecule has 0 spiro atoms. The van der Waals surface area contributed by atoms with Gasteiger partial charge in [0.15, 0.2) is 5.82 Å². The normalized spacial score (nSPS) is 18.6. The van der Waals surface area contributed by atoms with Crippen LogP contribution < -0.4 is 10.6 Å². The highest BCUT2D eigenvalue weighted by molar-refractivity contribution is 5.89. The molecule has 112 valence electrons. The lowest BCUT2D eigenvalue weighted by atomic mass is 10.2. The second-order valence-electron chi connectivity index (χ2n) is 5.59. The van der Waals surface area contributed by atoms with E-state index in [9.17, 15) is 4.79 Å². The van der Waals surface area contributed by atoms with E-state index < -0.39 is 0 Å². The number of nitrogens with zero attached hydrogens (tertiary/aromatic N) is 2. The van der Waals surface area contributed by atoms with Gasteiger partial charge in [-0.2, -0.15) is 5.10 Å². The monoisotopic (exact) mass is 280 g/mol. The summed E-state index contributed by atoms with van der Waals surface area (Å²) in [5, 5.41) is 10.5. The van der Waals surface area contributed by atoms with Gasteiger partial charge in [0.25, 0.3) is 0 Å². The summed E-state index contributed by atoms with van der Waals surface area (Å²) in [6, 6.07) is 2.24. The zero-order valence-corrected chi connectivity index (χ0v) is 12.3. The number of nitrogens with one attached hydrogen (secondary N) is 2. The summed E-state index contributed by atoms with van der Waals surface area (Å²) in [6.45, 7) is 7.29. The number of anilines is 1. The van der Waals surface area contributed by atoms with Crippen LogP contribution in [0.15, 0.2) is 12.3 Å². The van der Waals surface area contributed by atoms with Gasteiger partial charge in [-0.25, -0.2) is 0 Å². The van der Waals surface area contributed by atoms with Crippen molar-refractivity contribution in [3.05, 3.63) is 12.3 Å². The summed E-state index contributed by atoms with van der Waals surface area (Å²) in [7, 11) is 0. The Morgan fingerprint density at radius 2 is 2.50 bits per heavy atom. The van der Waals surface area contributed by atoms with Crippen LogP contribution in [0.4, 0.5) is 5.82 Å². The molecule has 1 aromatic heterocycles. The Hall–Kier alpha value is -1.40. The molecule has 2 N–H and O–H groups in total. The van der Waals surface area contributed by atoms with Crippen LogP contribution in [0.5, 0.6) is 0 Å². The molecule has 6 heteroatoms. The number of carbonyl (C=O) groups is 1. The van der Waals surface area contributed by atoms with Crippen molar-refractivity contribution in [1.29, 1.82) is 0 Å². The zero-order valence-electron chi connectivity index (χ0n) is 12.3. The highest BCUT2D eigenvalue weighted by atomic mass is 16.5. The van der Waals surface area contributed by atoms with Crippen LogP contribution in [0, 0.1) is 5.92 Å². The quantitative estimate of drug-likeness (QED) is 0.741. The lowest BCUT2D eigenvalue weighted by Gasteiger charge is -2.08. The van der Waals surface area contributed by atoms with Gasteiger partial charge in [0.1, 0.15) is 0 Å². The third-order valence-electron chi connectivity index (χ3n) is 3.21. The molecule has 6 nitrogen and oxygen atoms in total. The van der Waals surface area contributed by atoms with E-state index >= 15 is 0 Å². The summed E-state index contributed by atoms with van der Waals surface area (Å²) >= 11 is 0. The molecule has 0 radical (unpaired) electrons. The summed E-state index contributed by atoms with van der Waals surface area (Å²) in [5.74, 6) is 1.06. The average Bonchev–Trinajstić information content (AvgIpc) is 3.04. The largest absolute Gasteiger partial charge is 0.381 e. The first-order valence-electron chi connectivity index (χ1n) is 7.28. The Morgan fingerprint density at radius 1 is 1.65 bits per heavy atom. The SMILES string of the molecule is CC(C)COCCC(=O)Nc1ccn([C@H]2CCNC2)n1. The molecule has 1 fully saturated rings. The molecule has 1 aliphatic heterocycles. The predicted molar refractivity (Wildman–Crippen MR) is 77.7 cm³/mol. The Morgan fingerprint density at radius 3 is 3.20 bits per heavy atom. The minimum absolute atomic E-state index is 0.0523. The maximum absolute atomic E-state index is 11.7. The number of carbonyl (C=O) groups excluding carboxylic acids is 1. The fraction of sp³-hybridized carbons (Fsp3) is 0.714. The van der Waals surface area contributed by atoms with Crippen molar-refractivity contribution in [2.45, 2.75) is 32.7 Å². The Kier molecular flexibility index (Phi) is 5.55. The molecule has 20 heavy (non-hydrogen) atoms. The Labute approximate surface area is 119 Å². The average molecular weight is 280 g/mol. The molecule has 0 aliphatic carbocycles. The molecule has 0 saturated carbocycles. The van der Waals surface area contributed by atoms with E-state index in [0.717, 1.165) is 19.5 Å². The minimum Gasteiger partial charge on any atom is -0.381 e. The molecule has 2 rings (SSSR count). The highest BCUT2D eigenvalue weighted by Crippen LogP contribution is 2.15. The number of hydrogen-bond acceptors (Lipinski definition) is 4. The maximum Gasteiger partial charge on any atom is 0.227 e. The van der Waals surface area contributed by atoms with Gasteiger partial charge in [0.2, 0.25) is 5.91 Å². The summed E-state index contributed by atoms with van der Waals surface area (Å²) in [4.78, 5) is 11.7. The van der Waals surface area contributed by atoms with Crippen LogP contribution in [0.1, 0.15) is 32.7 Å². The second kappa shape index (κ2) is 7.40. The van der Waals surface area contributed by atoms with E-state index in [0.29, 0.717) is 37.4 Å². The van der Waals surface area contributed by atoms with Gasteiger partial charge in [0.05, 0.1) is 19.1 Å². The van der Waals surface area contributed by atoms with Crippen molar-refractivity contribution in [2.24, 2.45) is 5.92 Å². The van der Waals surface area contributed by atoms with Crippen molar-refractivity contribution in [1.82, 2.24) is 15.1 Å². The molecule has 0 bridgehead atoms. The molecular weight excluding hydrogens is 256 g/mol. The smallest absolute Gasteiger partial charge is 0.227 e. The first-order chi connectivity index (χ1) is 9.65. The van der Waals surface area contributed by atoms with Crippen molar-refractivity contribution in [3.63, 3.8) is 0 Å². The summed E-state index contributed by atoms with van der Waals surface area (Å²) in [6.07, 6.45) is 3.37. The Bertz CT molecular complexity index is 425.